The first-order valence-electron chi connectivity index (χ1n) is 9.85. The van der Waals surface area contributed by atoms with Gasteiger partial charge in [-0.1, -0.05) is 30.3 Å². The highest BCUT2D eigenvalue weighted by Crippen LogP contribution is 2.33. The van der Waals surface area contributed by atoms with Crippen LogP contribution in [0, 0.1) is 0 Å². The molecule has 7 heteroatoms. The number of anilines is 1. The number of carbonyl (C=O) groups is 1. The number of benzene rings is 1. The van der Waals surface area contributed by atoms with Crippen LogP contribution in [-0.4, -0.2) is 45.7 Å². The third kappa shape index (κ3) is 4.63. The number of nitrogens with two attached hydrogens (primary N) is 1. The fourth-order valence-electron chi connectivity index (χ4n) is 3.81. The summed E-state index contributed by atoms with van der Waals surface area (Å²) in [6.07, 6.45) is 5.46. The summed E-state index contributed by atoms with van der Waals surface area (Å²) in [5, 5.41) is 7.38. The van der Waals surface area contributed by atoms with Crippen molar-refractivity contribution in [3.05, 3.63) is 66.1 Å². The number of hydrogen-bond donors (Lipinski definition) is 2. The van der Waals surface area contributed by atoms with E-state index in [-0.39, 0.29) is 18.4 Å². The minimum atomic E-state index is 0.0276. The molecule has 1 aromatic carbocycles. The van der Waals surface area contributed by atoms with Crippen molar-refractivity contribution in [3.63, 3.8) is 0 Å². The summed E-state index contributed by atoms with van der Waals surface area (Å²) in [5.41, 5.74) is 9.94. The molecule has 0 bridgehead atoms. The van der Waals surface area contributed by atoms with Crippen molar-refractivity contribution in [2.24, 2.45) is 0 Å². The highest BCUT2D eigenvalue weighted by Gasteiger charge is 2.27. The van der Waals surface area contributed by atoms with Crippen molar-refractivity contribution in [2.75, 3.05) is 25.4 Å². The molecule has 29 heavy (non-hydrogen) atoms. The summed E-state index contributed by atoms with van der Waals surface area (Å²) < 4.78 is 5.63. The molecule has 2 aromatic heterocycles. The predicted molar refractivity (Wildman–Crippen MR) is 111 cm³/mol. The van der Waals surface area contributed by atoms with Crippen molar-refractivity contribution < 1.29 is 9.53 Å². The number of aromatic amines is 1. The Labute approximate surface area is 169 Å². The minimum absolute atomic E-state index is 0.0276. The molecule has 1 amide bonds. The van der Waals surface area contributed by atoms with Gasteiger partial charge >= 0.3 is 0 Å². The molecule has 7 nitrogen and oxygen atoms in total. The van der Waals surface area contributed by atoms with Crippen LogP contribution in [-0.2, 0) is 16.1 Å². The van der Waals surface area contributed by atoms with Crippen LogP contribution in [0.5, 0.6) is 0 Å². The largest absolute Gasteiger partial charge is 0.384 e. The van der Waals surface area contributed by atoms with E-state index < -0.39 is 0 Å². The molecule has 1 aliphatic rings. The molecule has 0 aliphatic carbocycles. The molecule has 0 spiro atoms. The van der Waals surface area contributed by atoms with E-state index in [0.29, 0.717) is 19.0 Å². The molecule has 0 unspecified atom stereocenters. The molecule has 3 heterocycles. The van der Waals surface area contributed by atoms with E-state index >= 15 is 0 Å². The number of hydrogen-bond acceptors (Lipinski definition) is 5. The molecule has 1 fully saturated rings. The standard InChI is InChI=1S/C22H25N5O2/c23-20-11-17(8-9-24-20)19-12-25-26-22(19)18-7-4-10-27(13-18)21(28)15-29-14-16-5-2-1-3-6-16/h1-3,5-6,8-9,11-12,18H,4,7,10,13-15H2,(H2,23,24)(H,25,26)/t18-/m1/s1. The summed E-state index contributed by atoms with van der Waals surface area (Å²) >= 11 is 0. The Kier molecular flexibility index (Phi) is 5.86. The van der Waals surface area contributed by atoms with E-state index in [1.165, 1.54) is 0 Å². The van der Waals surface area contributed by atoms with Crippen molar-refractivity contribution in [1.82, 2.24) is 20.1 Å². The SMILES string of the molecule is Nc1cc(-c2cn[nH]c2[C@@H]2CCCN(C(=O)COCc3ccccc3)C2)ccn1. The van der Waals surface area contributed by atoms with E-state index in [9.17, 15) is 4.79 Å². The van der Waals surface area contributed by atoms with E-state index in [1.807, 2.05) is 53.6 Å². The van der Waals surface area contributed by atoms with Crippen LogP contribution in [0.1, 0.15) is 30.0 Å². The Hall–Kier alpha value is -3.19. The number of H-pyrrole nitrogens is 1. The monoisotopic (exact) mass is 391 g/mol. The molecule has 3 N–H and O–H groups in total. The summed E-state index contributed by atoms with van der Waals surface area (Å²) in [7, 11) is 0. The molecule has 150 valence electrons. The smallest absolute Gasteiger partial charge is 0.248 e. The van der Waals surface area contributed by atoms with Crippen LogP contribution in [0.25, 0.3) is 11.1 Å². The van der Waals surface area contributed by atoms with Gasteiger partial charge in [0.1, 0.15) is 12.4 Å². The van der Waals surface area contributed by atoms with E-state index in [2.05, 4.69) is 15.2 Å². The van der Waals surface area contributed by atoms with Gasteiger partial charge in [0, 0.05) is 36.5 Å². The molecule has 4 rings (SSSR count). The number of amides is 1. The number of carbonyl (C=O) groups excluding carboxylic acids is 1. The quantitative estimate of drug-likeness (QED) is 0.673. The Morgan fingerprint density at radius 2 is 2.14 bits per heavy atom. The normalized spacial score (nSPS) is 16.7. The number of rotatable bonds is 6. The minimum Gasteiger partial charge on any atom is -0.384 e. The first-order chi connectivity index (χ1) is 14.2. The van der Waals surface area contributed by atoms with Gasteiger partial charge in [-0.2, -0.15) is 5.10 Å². The maximum absolute atomic E-state index is 12.7. The average molecular weight is 391 g/mol. The number of piperidine rings is 1. The van der Waals surface area contributed by atoms with Crippen molar-refractivity contribution in [1.29, 1.82) is 0 Å². The molecule has 3 aromatic rings. The van der Waals surface area contributed by atoms with Crippen molar-refractivity contribution >= 4 is 11.7 Å². The molecular weight excluding hydrogens is 366 g/mol. The lowest BCUT2D eigenvalue weighted by atomic mass is 9.90. The Morgan fingerprint density at radius 3 is 2.97 bits per heavy atom. The predicted octanol–water partition coefficient (Wildman–Crippen LogP) is 2.98. The summed E-state index contributed by atoms with van der Waals surface area (Å²) in [5.74, 6) is 0.708. The van der Waals surface area contributed by atoms with Gasteiger partial charge < -0.3 is 15.4 Å². The lowest BCUT2D eigenvalue weighted by Gasteiger charge is -2.32. The topological polar surface area (TPSA) is 97.1 Å². The second-order valence-electron chi connectivity index (χ2n) is 7.32. The number of nitrogens with zero attached hydrogens (tertiary/aromatic N) is 3. The first kappa shape index (κ1) is 19.1. The third-order valence-corrected chi connectivity index (χ3v) is 5.28. The van der Waals surface area contributed by atoms with Crippen molar-refractivity contribution in [3.8, 4) is 11.1 Å². The van der Waals surface area contributed by atoms with E-state index in [4.69, 9.17) is 10.5 Å². The van der Waals surface area contributed by atoms with Crippen LogP contribution >= 0.6 is 0 Å². The fourth-order valence-corrected chi connectivity index (χ4v) is 3.81. The zero-order valence-electron chi connectivity index (χ0n) is 16.3. The van der Waals surface area contributed by atoms with Crippen LogP contribution in [0.15, 0.2) is 54.9 Å². The molecule has 1 aliphatic heterocycles. The number of nitrogen functional groups attached to an aromatic ring is 1. The number of likely N-dealkylation sites (tertiary alicyclic amines) is 1. The Bertz CT molecular complexity index is 957. The third-order valence-electron chi connectivity index (χ3n) is 5.28. The zero-order chi connectivity index (χ0) is 20.1. The molecule has 1 atom stereocenters. The number of nitrogens with one attached hydrogen (secondary N) is 1. The van der Waals surface area contributed by atoms with Crippen LogP contribution in [0.4, 0.5) is 5.82 Å². The maximum Gasteiger partial charge on any atom is 0.248 e. The lowest BCUT2D eigenvalue weighted by molar-refractivity contribution is -0.137. The maximum atomic E-state index is 12.7. The van der Waals surface area contributed by atoms with Gasteiger partial charge in [0.05, 0.1) is 12.8 Å². The van der Waals surface area contributed by atoms with Crippen LogP contribution < -0.4 is 5.73 Å². The van der Waals surface area contributed by atoms with Gasteiger partial charge in [-0.3, -0.25) is 9.89 Å². The average Bonchev–Trinajstić information content (AvgIpc) is 3.25. The molecule has 0 radical (unpaired) electrons. The number of ether oxygens (including phenoxy) is 1. The second kappa shape index (κ2) is 8.87. The highest BCUT2D eigenvalue weighted by molar-refractivity contribution is 5.77. The van der Waals surface area contributed by atoms with Crippen LogP contribution in [0.2, 0.25) is 0 Å². The van der Waals surface area contributed by atoms with Gasteiger partial charge in [0.2, 0.25) is 5.91 Å². The van der Waals surface area contributed by atoms with E-state index in [1.54, 1.807) is 6.20 Å². The van der Waals surface area contributed by atoms with Gasteiger partial charge in [0.25, 0.3) is 0 Å². The van der Waals surface area contributed by atoms with Gasteiger partial charge in [-0.05, 0) is 36.1 Å². The zero-order valence-corrected chi connectivity index (χ0v) is 16.3. The van der Waals surface area contributed by atoms with E-state index in [0.717, 1.165) is 41.8 Å². The highest BCUT2D eigenvalue weighted by atomic mass is 16.5. The number of aromatic nitrogens is 3. The Balaban J connectivity index is 1.39. The summed E-state index contributed by atoms with van der Waals surface area (Å²) in [6.45, 7) is 1.95. The van der Waals surface area contributed by atoms with Crippen molar-refractivity contribution in [2.45, 2.75) is 25.4 Å². The summed E-state index contributed by atoms with van der Waals surface area (Å²) in [4.78, 5) is 18.6. The lowest BCUT2D eigenvalue weighted by Crippen LogP contribution is -2.41. The summed E-state index contributed by atoms with van der Waals surface area (Å²) in [6, 6.07) is 13.7. The second-order valence-corrected chi connectivity index (χ2v) is 7.32. The fraction of sp³-hybridized carbons (Fsp3) is 0.318. The molecule has 0 saturated carbocycles. The van der Waals surface area contributed by atoms with Gasteiger partial charge in [-0.15, -0.1) is 0 Å². The molecular formula is C22H25N5O2. The molecule has 1 saturated heterocycles. The van der Waals surface area contributed by atoms with Gasteiger partial charge in [-0.25, -0.2) is 4.98 Å². The van der Waals surface area contributed by atoms with Gasteiger partial charge in [0.15, 0.2) is 0 Å². The van der Waals surface area contributed by atoms with Crippen LogP contribution in [0.3, 0.4) is 0 Å². The Morgan fingerprint density at radius 1 is 1.28 bits per heavy atom. The number of pyridine rings is 1. The first-order valence-corrected chi connectivity index (χ1v) is 9.85.